The van der Waals surface area contributed by atoms with Crippen LogP contribution in [-0.2, 0) is 5.41 Å². The first kappa shape index (κ1) is 15.3. The summed E-state index contributed by atoms with van der Waals surface area (Å²) in [5.41, 5.74) is 12.0. The zero-order valence-corrected chi connectivity index (χ0v) is 13.8. The molecule has 2 N–H and O–H groups in total. The number of benzene rings is 2. The maximum absolute atomic E-state index is 6.37. The second kappa shape index (κ2) is 6.26. The van der Waals surface area contributed by atoms with E-state index in [2.05, 4.69) is 62.4 Å². The Hall–Kier alpha value is -1.60. The smallest absolute Gasteiger partial charge is 0.0144 e. The van der Waals surface area contributed by atoms with Crippen molar-refractivity contribution >= 4 is 0 Å². The molecule has 1 saturated carbocycles. The van der Waals surface area contributed by atoms with Gasteiger partial charge in [0.15, 0.2) is 0 Å². The summed E-state index contributed by atoms with van der Waals surface area (Å²) >= 11 is 0. The van der Waals surface area contributed by atoms with Crippen LogP contribution in [0.25, 0.3) is 0 Å². The molecule has 1 aliphatic rings. The zero-order valence-electron chi connectivity index (χ0n) is 13.8. The summed E-state index contributed by atoms with van der Waals surface area (Å²) in [6.07, 6.45) is 5.04. The van der Waals surface area contributed by atoms with Gasteiger partial charge in [0.2, 0.25) is 0 Å². The maximum Gasteiger partial charge on any atom is 0.0144 e. The van der Waals surface area contributed by atoms with Crippen molar-refractivity contribution in [3.8, 4) is 0 Å². The van der Waals surface area contributed by atoms with Crippen molar-refractivity contribution in [3.05, 3.63) is 70.8 Å². The van der Waals surface area contributed by atoms with Crippen LogP contribution in [0.5, 0.6) is 0 Å². The molecule has 0 radical (unpaired) electrons. The number of hydrogen-bond donors (Lipinski definition) is 1. The van der Waals surface area contributed by atoms with Gasteiger partial charge in [-0.2, -0.15) is 0 Å². The molecule has 0 saturated heterocycles. The summed E-state index contributed by atoms with van der Waals surface area (Å²) < 4.78 is 0. The summed E-state index contributed by atoms with van der Waals surface area (Å²) in [5.74, 6) is 0.537. The van der Waals surface area contributed by atoms with Crippen LogP contribution in [0.3, 0.4) is 0 Å². The van der Waals surface area contributed by atoms with Crippen LogP contribution in [0.1, 0.15) is 53.9 Å². The molecule has 0 bridgehead atoms. The Balaban J connectivity index is 2.05. The van der Waals surface area contributed by atoms with E-state index in [9.17, 15) is 0 Å². The molecule has 0 amide bonds. The molecule has 1 fully saturated rings. The van der Waals surface area contributed by atoms with Crippen LogP contribution in [0.4, 0.5) is 0 Å². The lowest BCUT2D eigenvalue weighted by Crippen LogP contribution is -2.43. The van der Waals surface area contributed by atoms with Gasteiger partial charge in [-0.25, -0.2) is 0 Å². The minimum atomic E-state index is 0.0984. The first-order valence-corrected chi connectivity index (χ1v) is 8.49. The average Bonchev–Trinajstić information content (AvgIpc) is 2.56. The quantitative estimate of drug-likeness (QED) is 0.859. The molecule has 0 aromatic heterocycles. The fourth-order valence-electron chi connectivity index (χ4n) is 4.12. The molecule has 1 nitrogen and oxygen atoms in total. The summed E-state index contributed by atoms with van der Waals surface area (Å²) in [5, 5.41) is 0. The van der Waals surface area contributed by atoms with Gasteiger partial charge in [0, 0.05) is 12.0 Å². The minimum absolute atomic E-state index is 0.0984. The first-order chi connectivity index (χ1) is 10.7. The van der Waals surface area contributed by atoms with Gasteiger partial charge >= 0.3 is 0 Å². The van der Waals surface area contributed by atoms with Crippen molar-refractivity contribution in [1.29, 1.82) is 0 Å². The Morgan fingerprint density at radius 2 is 1.50 bits per heavy atom. The van der Waals surface area contributed by atoms with Gasteiger partial charge in [-0.1, -0.05) is 72.5 Å². The normalized spacial score (nSPS) is 25.1. The van der Waals surface area contributed by atoms with E-state index in [0.29, 0.717) is 5.92 Å². The van der Waals surface area contributed by atoms with Crippen LogP contribution < -0.4 is 5.73 Å². The van der Waals surface area contributed by atoms with E-state index in [4.69, 9.17) is 5.73 Å². The van der Waals surface area contributed by atoms with Gasteiger partial charge in [0.25, 0.3) is 0 Å². The molecule has 2 atom stereocenters. The molecule has 0 heterocycles. The summed E-state index contributed by atoms with van der Waals surface area (Å²) in [6, 6.07) is 18.2. The van der Waals surface area contributed by atoms with E-state index in [0.717, 1.165) is 6.54 Å². The predicted octanol–water partition coefficient (Wildman–Crippen LogP) is 4.86. The highest BCUT2D eigenvalue weighted by molar-refractivity contribution is 5.37. The SMILES string of the molecule is Cc1ccc(C2CCCCC2(CN)c2ccc(C)cc2)cc1. The van der Waals surface area contributed by atoms with Crippen molar-refractivity contribution in [2.24, 2.45) is 5.73 Å². The first-order valence-electron chi connectivity index (χ1n) is 8.49. The van der Waals surface area contributed by atoms with Gasteiger partial charge < -0.3 is 5.73 Å². The van der Waals surface area contributed by atoms with Crippen molar-refractivity contribution in [3.63, 3.8) is 0 Å². The lowest BCUT2D eigenvalue weighted by molar-refractivity contribution is 0.254. The summed E-state index contributed by atoms with van der Waals surface area (Å²) in [4.78, 5) is 0. The molecule has 0 spiro atoms. The van der Waals surface area contributed by atoms with Crippen molar-refractivity contribution in [2.75, 3.05) is 6.54 Å². The lowest BCUT2D eigenvalue weighted by atomic mass is 9.60. The topological polar surface area (TPSA) is 26.0 Å². The average molecular weight is 293 g/mol. The van der Waals surface area contributed by atoms with E-state index in [1.807, 2.05) is 0 Å². The number of aryl methyl sites for hydroxylation is 2. The largest absolute Gasteiger partial charge is 0.330 e. The predicted molar refractivity (Wildman–Crippen MR) is 94.3 cm³/mol. The van der Waals surface area contributed by atoms with E-state index < -0.39 is 0 Å². The molecule has 1 heteroatoms. The molecule has 2 aromatic rings. The molecular weight excluding hydrogens is 266 g/mol. The van der Waals surface area contributed by atoms with E-state index in [1.165, 1.54) is 47.9 Å². The van der Waals surface area contributed by atoms with Gasteiger partial charge in [0.1, 0.15) is 0 Å². The number of nitrogens with two attached hydrogens (primary N) is 1. The van der Waals surface area contributed by atoms with Crippen LogP contribution in [0, 0.1) is 13.8 Å². The Kier molecular flexibility index (Phi) is 4.35. The van der Waals surface area contributed by atoms with Crippen LogP contribution in [0.15, 0.2) is 48.5 Å². The van der Waals surface area contributed by atoms with Crippen molar-refractivity contribution in [1.82, 2.24) is 0 Å². The van der Waals surface area contributed by atoms with Crippen LogP contribution >= 0.6 is 0 Å². The Labute approximate surface area is 134 Å². The Morgan fingerprint density at radius 3 is 2.09 bits per heavy atom. The van der Waals surface area contributed by atoms with E-state index >= 15 is 0 Å². The second-order valence-corrected chi connectivity index (χ2v) is 6.94. The molecule has 1 aliphatic carbocycles. The molecule has 116 valence electrons. The minimum Gasteiger partial charge on any atom is -0.330 e. The standard InChI is InChI=1S/C21H27N/c1-16-6-10-18(11-7-16)20-5-3-4-14-21(20,15-22)19-12-8-17(2)9-13-19/h6-13,20H,3-5,14-15,22H2,1-2H3. The molecule has 0 aliphatic heterocycles. The monoisotopic (exact) mass is 293 g/mol. The van der Waals surface area contributed by atoms with Gasteiger partial charge in [-0.3, -0.25) is 0 Å². The maximum atomic E-state index is 6.37. The van der Waals surface area contributed by atoms with Gasteiger partial charge in [0.05, 0.1) is 0 Å². The van der Waals surface area contributed by atoms with Crippen molar-refractivity contribution < 1.29 is 0 Å². The lowest BCUT2D eigenvalue weighted by Gasteiger charge is -2.44. The highest BCUT2D eigenvalue weighted by Gasteiger charge is 2.41. The molecule has 2 aromatic carbocycles. The number of rotatable bonds is 3. The second-order valence-electron chi connectivity index (χ2n) is 6.94. The third-order valence-corrected chi connectivity index (χ3v) is 5.50. The molecule has 3 rings (SSSR count). The van der Waals surface area contributed by atoms with E-state index in [1.54, 1.807) is 0 Å². The molecule has 22 heavy (non-hydrogen) atoms. The number of hydrogen-bond acceptors (Lipinski definition) is 1. The fraction of sp³-hybridized carbons (Fsp3) is 0.429. The third kappa shape index (κ3) is 2.70. The van der Waals surface area contributed by atoms with Gasteiger partial charge in [-0.15, -0.1) is 0 Å². The van der Waals surface area contributed by atoms with E-state index in [-0.39, 0.29) is 5.41 Å². The Bertz CT molecular complexity index is 611. The summed E-state index contributed by atoms with van der Waals surface area (Å²) in [7, 11) is 0. The summed E-state index contributed by atoms with van der Waals surface area (Å²) in [6.45, 7) is 5.03. The Morgan fingerprint density at radius 1 is 0.909 bits per heavy atom. The molecule has 2 unspecified atom stereocenters. The van der Waals surface area contributed by atoms with Gasteiger partial charge in [-0.05, 0) is 43.7 Å². The zero-order chi connectivity index (χ0) is 15.6. The third-order valence-electron chi connectivity index (χ3n) is 5.50. The molecular formula is C21H27N. The van der Waals surface area contributed by atoms with Crippen LogP contribution in [0.2, 0.25) is 0 Å². The highest BCUT2D eigenvalue weighted by atomic mass is 14.6. The van der Waals surface area contributed by atoms with Crippen molar-refractivity contribution in [2.45, 2.75) is 50.9 Å². The van der Waals surface area contributed by atoms with Crippen LogP contribution in [-0.4, -0.2) is 6.54 Å². The highest BCUT2D eigenvalue weighted by Crippen LogP contribution is 2.48. The fourth-order valence-corrected chi connectivity index (χ4v) is 4.12.